The maximum Gasteiger partial charge on any atom is 0.225 e. The van der Waals surface area contributed by atoms with Gasteiger partial charge in [-0.2, -0.15) is 0 Å². The van der Waals surface area contributed by atoms with Crippen LogP contribution in [-0.4, -0.2) is 17.1 Å². The van der Waals surface area contributed by atoms with Gasteiger partial charge < -0.3 is 16.2 Å². The average Bonchev–Trinajstić information content (AvgIpc) is 2.22. The van der Waals surface area contributed by atoms with Gasteiger partial charge in [-0.1, -0.05) is 6.92 Å². The first-order chi connectivity index (χ1) is 7.52. The minimum absolute atomic E-state index is 0.0943. The second-order valence-corrected chi connectivity index (χ2v) is 3.92. The van der Waals surface area contributed by atoms with Gasteiger partial charge in [-0.3, -0.25) is 4.79 Å². The van der Waals surface area contributed by atoms with Crippen LogP contribution in [0.15, 0.2) is 18.2 Å². The van der Waals surface area contributed by atoms with Gasteiger partial charge in [0.1, 0.15) is 5.75 Å². The monoisotopic (exact) mass is 222 g/mol. The lowest BCUT2D eigenvalue weighted by Gasteiger charge is -2.11. The molecule has 1 unspecified atom stereocenters. The predicted octanol–water partition coefficient (Wildman–Crippen LogP) is 1.77. The third-order valence-corrected chi connectivity index (χ3v) is 2.46. The van der Waals surface area contributed by atoms with E-state index in [0.29, 0.717) is 12.1 Å². The van der Waals surface area contributed by atoms with Crippen molar-refractivity contribution >= 4 is 11.6 Å². The average molecular weight is 222 g/mol. The zero-order valence-electron chi connectivity index (χ0n) is 9.66. The number of nitrogens with two attached hydrogens (primary N) is 1. The molecule has 0 aliphatic carbocycles. The number of phenolic OH excluding ortho intramolecular Hbond substituents is 1. The van der Waals surface area contributed by atoms with Crippen LogP contribution >= 0.6 is 0 Å². The van der Waals surface area contributed by atoms with E-state index in [1.165, 1.54) is 0 Å². The van der Waals surface area contributed by atoms with Crippen LogP contribution in [0.4, 0.5) is 5.69 Å². The topological polar surface area (TPSA) is 75.4 Å². The fourth-order valence-corrected chi connectivity index (χ4v) is 1.37. The van der Waals surface area contributed by atoms with Crippen LogP contribution in [0.2, 0.25) is 0 Å². The van der Waals surface area contributed by atoms with Crippen LogP contribution in [0.5, 0.6) is 5.75 Å². The number of rotatable bonds is 4. The molecule has 0 aliphatic heterocycles. The van der Waals surface area contributed by atoms with Gasteiger partial charge in [-0.15, -0.1) is 0 Å². The van der Waals surface area contributed by atoms with E-state index in [0.717, 1.165) is 12.0 Å². The summed E-state index contributed by atoms with van der Waals surface area (Å²) < 4.78 is 0. The molecule has 1 amide bonds. The van der Waals surface area contributed by atoms with Crippen molar-refractivity contribution in [3.63, 3.8) is 0 Å². The number of phenols is 1. The van der Waals surface area contributed by atoms with Gasteiger partial charge in [0.25, 0.3) is 0 Å². The molecule has 0 heterocycles. The first-order valence-electron chi connectivity index (χ1n) is 5.38. The van der Waals surface area contributed by atoms with Crippen molar-refractivity contribution in [1.29, 1.82) is 0 Å². The molecular weight excluding hydrogens is 204 g/mol. The summed E-state index contributed by atoms with van der Waals surface area (Å²) in [5.74, 6) is 0.101. The van der Waals surface area contributed by atoms with Crippen molar-refractivity contribution in [2.45, 2.75) is 32.7 Å². The lowest BCUT2D eigenvalue weighted by Crippen LogP contribution is -2.26. The minimum atomic E-state index is -0.0996. The minimum Gasteiger partial charge on any atom is -0.508 e. The Morgan fingerprint density at radius 1 is 1.56 bits per heavy atom. The Kier molecular flexibility index (Phi) is 4.31. The highest BCUT2D eigenvalue weighted by atomic mass is 16.3. The Bertz CT molecular complexity index is 377. The van der Waals surface area contributed by atoms with Crippen molar-refractivity contribution in [1.82, 2.24) is 0 Å². The molecule has 4 N–H and O–H groups in total. The highest BCUT2D eigenvalue weighted by Crippen LogP contribution is 2.20. The van der Waals surface area contributed by atoms with Gasteiger partial charge in [-0.05, 0) is 37.1 Å². The number of carbonyl (C=O) groups is 1. The first-order valence-corrected chi connectivity index (χ1v) is 5.38. The third-order valence-electron chi connectivity index (χ3n) is 2.46. The summed E-state index contributed by atoms with van der Waals surface area (Å²) in [6.45, 7) is 3.78. The first kappa shape index (κ1) is 12.5. The fraction of sp³-hybridized carbons (Fsp3) is 0.417. The van der Waals surface area contributed by atoms with Crippen molar-refractivity contribution in [3.05, 3.63) is 23.8 Å². The van der Waals surface area contributed by atoms with E-state index >= 15 is 0 Å². The molecule has 1 rings (SSSR count). The van der Waals surface area contributed by atoms with E-state index in [-0.39, 0.29) is 17.7 Å². The molecule has 4 heteroatoms. The fourth-order valence-electron chi connectivity index (χ4n) is 1.37. The second kappa shape index (κ2) is 5.51. The second-order valence-electron chi connectivity index (χ2n) is 3.92. The summed E-state index contributed by atoms with van der Waals surface area (Å²) >= 11 is 0. The molecule has 0 bridgehead atoms. The number of anilines is 1. The van der Waals surface area contributed by atoms with E-state index in [2.05, 4.69) is 5.32 Å². The third kappa shape index (κ3) is 3.55. The van der Waals surface area contributed by atoms with Crippen molar-refractivity contribution in [2.24, 2.45) is 5.73 Å². The van der Waals surface area contributed by atoms with Crippen LogP contribution in [-0.2, 0) is 4.79 Å². The van der Waals surface area contributed by atoms with Crippen LogP contribution in [0.3, 0.4) is 0 Å². The highest BCUT2D eigenvalue weighted by Gasteiger charge is 2.09. The highest BCUT2D eigenvalue weighted by molar-refractivity contribution is 5.91. The number of aryl methyl sites for hydroxylation is 1. The smallest absolute Gasteiger partial charge is 0.225 e. The lowest BCUT2D eigenvalue weighted by molar-refractivity contribution is -0.116. The van der Waals surface area contributed by atoms with E-state index < -0.39 is 0 Å². The van der Waals surface area contributed by atoms with Crippen LogP contribution in [0.25, 0.3) is 0 Å². The number of nitrogens with one attached hydrogen (secondary N) is 1. The molecule has 0 fully saturated rings. The molecule has 1 atom stereocenters. The van der Waals surface area contributed by atoms with Gasteiger partial charge in [0, 0.05) is 18.2 Å². The summed E-state index contributed by atoms with van der Waals surface area (Å²) in [7, 11) is 0. The standard InChI is InChI=1S/C12H18N2O2/c1-3-9(13)7-12(16)14-11-5-4-10(15)6-8(11)2/h4-6,9,15H,3,7,13H2,1-2H3,(H,14,16). The molecule has 0 radical (unpaired) electrons. The number of hydrogen-bond donors (Lipinski definition) is 3. The molecule has 1 aromatic carbocycles. The molecule has 0 aliphatic rings. The van der Waals surface area contributed by atoms with Crippen molar-refractivity contribution in [3.8, 4) is 5.75 Å². The number of hydrogen-bond acceptors (Lipinski definition) is 3. The summed E-state index contributed by atoms with van der Waals surface area (Å²) in [4.78, 5) is 11.6. The van der Waals surface area contributed by atoms with Crippen molar-refractivity contribution in [2.75, 3.05) is 5.32 Å². The number of carbonyl (C=O) groups excluding carboxylic acids is 1. The predicted molar refractivity (Wildman–Crippen MR) is 64.4 cm³/mol. The lowest BCUT2D eigenvalue weighted by atomic mass is 10.1. The Hall–Kier alpha value is -1.55. The Balaban J connectivity index is 2.63. The van der Waals surface area contributed by atoms with E-state index in [1.807, 2.05) is 13.8 Å². The zero-order valence-corrected chi connectivity index (χ0v) is 9.66. The molecular formula is C12H18N2O2. The van der Waals surface area contributed by atoms with Crippen LogP contribution in [0, 0.1) is 6.92 Å². The SMILES string of the molecule is CCC(N)CC(=O)Nc1ccc(O)cc1C. The molecule has 4 nitrogen and oxygen atoms in total. The molecule has 0 saturated carbocycles. The molecule has 0 aromatic heterocycles. The molecule has 1 aromatic rings. The van der Waals surface area contributed by atoms with Crippen LogP contribution in [0.1, 0.15) is 25.3 Å². The quantitative estimate of drug-likeness (QED) is 0.679. The van der Waals surface area contributed by atoms with Crippen LogP contribution < -0.4 is 11.1 Å². The molecule has 0 spiro atoms. The largest absolute Gasteiger partial charge is 0.508 e. The van der Waals surface area contributed by atoms with Gasteiger partial charge in [0.05, 0.1) is 0 Å². The zero-order chi connectivity index (χ0) is 12.1. The summed E-state index contributed by atoms with van der Waals surface area (Å²) in [6.07, 6.45) is 1.10. The summed E-state index contributed by atoms with van der Waals surface area (Å²) in [5, 5.41) is 12.0. The number of aromatic hydroxyl groups is 1. The Morgan fingerprint density at radius 3 is 2.81 bits per heavy atom. The van der Waals surface area contributed by atoms with E-state index in [1.54, 1.807) is 18.2 Å². The normalized spacial score (nSPS) is 12.2. The maximum absolute atomic E-state index is 11.6. The van der Waals surface area contributed by atoms with Gasteiger partial charge in [0.2, 0.25) is 5.91 Å². The molecule has 0 saturated heterocycles. The van der Waals surface area contributed by atoms with E-state index in [4.69, 9.17) is 5.73 Å². The van der Waals surface area contributed by atoms with Crippen molar-refractivity contribution < 1.29 is 9.90 Å². The van der Waals surface area contributed by atoms with Gasteiger partial charge >= 0.3 is 0 Å². The number of benzene rings is 1. The van der Waals surface area contributed by atoms with Gasteiger partial charge in [-0.25, -0.2) is 0 Å². The number of amides is 1. The summed E-state index contributed by atoms with van der Waals surface area (Å²) in [5.41, 5.74) is 7.23. The van der Waals surface area contributed by atoms with E-state index in [9.17, 15) is 9.90 Å². The summed E-state index contributed by atoms with van der Waals surface area (Å²) in [6, 6.07) is 4.73. The van der Waals surface area contributed by atoms with Gasteiger partial charge in [0.15, 0.2) is 0 Å². The molecule has 88 valence electrons. The maximum atomic E-state index is 11.6. The Labute approximate surface area is 95.5 Å². The molecule has 16 heavy (non-hydrogen) atoms. The Morgan fingerprint density at radius 2 is 2.25 bits per heavy atom.